The van der Waals surface area contributed by atoms with Crippen molar-refractivity contribution in [1.82, 2.24) is 19.4 Å². The molecule has 2 aliphatic rings. The van der Waals surface area contributed by atoms with Gasteiger partial charge >= 0.3 is 0 Å². The van der Waals surface area contributed by atoms with Crippen molar-refractivity contribution in [2.75, 3.05) is 13.1 Å². The minimum atomic E-state index is -3.56. The summed E-state index contributed by atoms with van der Waals surface area (Å²) in [7, 11) is -3.56. The number of benzene rings is 1. The zero-order valence-electron chi connectivity index (χ0n) is 19.3. The van der Waals surface area contributed by atoms with E-state index >= 15 is 0 Å². The lowest BCUT2D eigenvalue weighted by Crippen LogP contribution is -2.46. The molecule has 0 spiro atoms. The van der Waals surface area contributed by atoms with Crippen LogP contribution in [0.25, 0.3) is 0 Å². The summed E-state index contributed by atoms with van der Waals surface area (Å²) in [5.74, 6) is -0.398. The summed E-state index contributed by atoms with van der Waals surface area (Å²) < 4.78 is 30.0. The quantitative estimate of drug-likeness (QED) is 0.559. The largest absolute Gasteiger partial charge is 0.349 e. The fourth-order valence-electron chi connectivity index (χ4n) is 5.00. The molecular weight excluding hydrogens is 468 g/mol. The molecule has 7 nitrogen and oxygen atoms in total. The lowest BCUT2D eigenvalue weighted by molar-refractivity contribution is -0.127. The highest BCUT2D eigenvalue weighted by molar-refractivity contribution is 7.91. The standard InChI is InChI=1S/C25H30N4O3S2/c1-18-12-13-24(33-18)34(31,32)28-14-6-9-20(17-28)25(30)27-22-10-5-11-23-21(22)15-26-29(23)16-19-7-3-2-4-8-19/h2-4,7-8,12-13,15,20,22H,5-6,9-11,14,16-17H2,1H3,(H,27,30). The van der Waals surface area contributed by atoms with Gasteiger partial charge in [-0.1, -0.05) is 30.3 Å². The number of hydrogen-bond acceptors (Lipinski definition) is 5. The highest BCUT2D eigenvalue weighted by Gasteiger charge is 2.35. The smallest absolute Gasteiger partial charge is 0.252 e. The molecule has 1 aliphatic carbocycles. The molecule has 1 saturated heterocycles. The number of rotatable bonds is 6. The van der Waals surface area contributed by atoms with Crippen LogP contribution in [-0.4, -0.2) is 41.5 Å². The Morgan fingerprint density at radius 2 is 1.97 bits per heavy atom. The maximum atomic E-state index is 13.2. The molecule has 3 heterocycles. The lowest BCUT2D eigenvalue weighted by atomic mass is 9.91. The zero-order chi connectivity index (χ0) is 23.7. The van der Waals surface area contributed by atoms with Crippen molar-refractivity contribution >= 4 is 27.3 Å². The second-order valence-corrected chi connectivity index (χ2v) is 12.7. The number of thiophene rings is 1. The summed E-state index contributed by atoms with van der Waals surface area (Å²) in [6.07, 6.45) is 6.09. The summed E-state index contributed by atoms with van der Waals surface area (Å²) in [6.45, 7) is 3.31. The van der Waals surface area contributed by atoms with E-state index in [1.54, 1.807) is 6.07 Å². The number of nitrogens with one attached hydrogen (secondary N) is 1. The van der Waals surface area contributed by atoms with Gasteiger partial charge in [-0.3, -0.25) is 9.48 Å². The van der Waals surface area contributed by atoms with E-state index in [9.17, 15) is 13.2 Å². The number of piperidine rings is 1. The highest BCUT2D eigenvalue weighted by atomic mass is 32.2. The topological polar surface area (TPSA) is 84.3 Å². The fraction of sp³-hybridized carbons (Fsp3) is 0.440. The number of sulfonamides is 1. The SMILES string of the molecule is Cc1ccc(S(=O)(=O)N2CCCC(C(=O)NC3CCCc4c3cnn4Cc3ccccc3)C2)s1. The van der Waals surface area contributed by atoms with E-state index in [4.69, 9.17) is 0 Å². The average Bonchev–Trinajstić information content (AvgIpc) is 3.47. The van der Waals surface area contributed by atoms with Gasteiger partial charge in [-0.05, 0) is 56.7 Å². The molecule has 1 aliphatic heterocycles. The normalized spacial score (nSPS) is 21.2. The van der Waals surface area contributed by atoms with Crippen LogP contribution in [0.3, 0.4) is 0 Å². The van der Waals surface area contributed by atoms with Crippen molar-refractivity contribution in [3.63, 3.8) is 0 Å². The van der Waals surface area contributed by atoms with Crippen LogP contribution in [0.4, 0.5) is 0 Å². The molecule has 1 aromatic carbocycles. The van der Waals surface area contributed by atoms with E-state index in [0.717, 1.165) is 29.7 Å². The Balaban J connectivity index is 1.27. The molecule has 0 saturated carbocycles. The van der Waals surface area contributed by atoms with E-state index in [2.05, 4.69) is 22.5 Å². The minimum Gasteiger partial charge on any atom is -0.349 e. The van der Waals surface area contributed by atoms with Gasteiger partial charge in [0.1, 0.15) is 4.21 Å². The Hall–Kier alpha value is -2.49. The lowest BCUT2D eigenvalue weighted by Gasteiger charge is -2.32. The Bertz CT molecular complexity index is 1270. The number of aryl methyl sites for hydroxylation is 1. The average molecular weight is 499 g/mol. The molecule has 1 fully saturated rings. The van der Waals surface area contributed by atoms with Crippen molar-refractivity contribution in [2.24, 2.45) is 5.92 Å². The molecule has 5 rings (SSSR count). The number of aromatic nitrogens is 2. The van der Waals surface area contributed by atoms with Crippen LogP contribution >= 0.6 is 11.3 Å². The van der Waals surface area contributed by atoms with Crippen LogP contribution < -0.4 is 5.32 Å². The van der Waals surface area contributed by atoms with Crippen molar-refractivity contribution in [3.05, 3.63) is 70.4 Å². The van der Waals surface area contributed by atoms with Crippen molar-refractivity contribution in [1.29, 1.82) is 0 Å². The van der Waals surface area contributed by atoms with E-state index in [0.29, 0.717) is 30.1 Å². The molecule has 2 aromatic heterocycles. The van der Waals surface area contributed by atoms with Gasteiger partial charge in [0, 0.05) is 29.2 Å². The second kappa shape index (κ2) is 9.64. The van der Waals surface area contributed by atoms with Gasteiger partial charge in [-0.15, -0.1) is 11.3 Å². The summed E-state index contributed by atoms with van der Waals surface area (Å²) in [6, 6.07) is 13.7. The third-order valence-corrected chi connectivity index (χ3v) is 10.2. The first-order valence-corrected chi connectivity index (χ1v) is 14.1. The van der Waals surface area contributed by atoms with E-state index in [1.165, 1.54) is 26.9 Å². The molecule has 180 valence electrons. The molecule has 9 heteroatoms. The second-order valence-electron chi connectivity index (χ2n) is 9.21. The molecule has 34 heavy (non-hydrogen) atoms. The number of hydrogen-bond donors (Lipinski definition) is 1. The Kier molecular flexibility index (Phi) is 6.59. The van der Waals surface area contributed by atoms with Crippen LogP contribution in [0.2, 0.25) is 0 Å². The molecule has 2 unspecified atom stereocenters. The molecule has 0 radical (unpaired) electrons. The Morgan fingerprint density at radius 3 is 2.74 bits per heavy atom. The van der Waals surface area contributed by atoms with Gasteiger partial charge in [-0.2, -0.15) is 9.40 Å². The maximum Gasteiger partial charge on any atom is 0.252 e. The Labute approximate surface area is 204 Å². The summed E-state index contributed by atoms with van der Waals surface area (Å²) in [5.41, 5.74) is 3.47. The zero-order valence-corrected chi connectivity index (χ0v) is 20.9. The van der Waals surface area contributed by atoms with Crippen molar-refractivity contribution < 1.29 is 13.2 Å². The first-order valence-electron chi connectivity index (χ1n) is 11.9. The van der Waals surface area contributed by atoms with Crippen LogP contribution in [0.1, 0.15) is 53.4 Å². The molecule has 2 atom stereocenters. The number of carbonyl (C=O) groups excluding carboxylic acids is 1. The molecule has 1 N–H and O–H groups in total. The van der Waals surface area contributed by atoms with Gasteiger partial charge in [-0.25, -0.2) is 8.42 Å². The third-order valence-electron chi connectivity index (χ3n) is 6.82. The van der Waals surface area contributed by atoms with Crippen LogP contribution in [-0.2, 0) is 27.8 Å². The summed E-state index contributed by atoms with van der Waals surface area (Å²) in [4.78, 5) is 14.2. The van der Waals surface area contributed by atoms with E-state index in [1.807, 2.05) is 42.1 Å². The van der Waals surface area contributed by atoms with Gasteiger partial charge in [0.15, 0.2) is 0 Å². The third kappa shape index (κ3) is 4.69. The molecule has 1 amide bonds. The number of carbonyl (C=O) groups is 1. The summed E-state index contributed by atoms with van der Waals surface area (Å²) in [5, 5.41) is 7.85. The Morgan fingerprint density at radius 1 is 1.15 bits per heavy atom. The number of nitrogens with zero attached hydrogens (tertiary/aromatic N) is 3. The first-order chi connectivity index (χ1) is 16.4. The highest BCUT2D eigenvalue weighted by Crippen LogP contribution is 2.32. The maximum absolute atomic E-state index is 13.2. The predicted octanol–water partition coefficient (Wildman–Crippen LogP) is 3.90. The number of amides is 1. The monoisotopic (exact) mass is 498 g/mol. The van der Waals surface area contributed by atoms with E-state index < -0.39 is 10.0 Å². The van der Waals surface area contributed by atoms with Crippen molar-refractivity contribution in [3.8, 4) is 0 Å². The minimum absolute atomic E-state index is 0.0593. The predicted molar refractivity (Wildman–Crippen MR) is 132 cm³/mol. The van der Waals surface area contributed by atoms with E-state index in [-0.39, 0.29) is 24.4 Å². The van der Waals surface area contributed by atoms with Crippen LogP contribution in [0, 0.1) is 12.8 Å². The van der Waals surface area contributed by atoms with Gasteiger partial charge in [0.05, 0.1) is 24.7 Å². The number of fused-ring (bicyclic) bond motifs is 1. The van der Waals surface area contributed by atoms with Crippen molar-refractivity contribution in [2.45, 2.75) is 55.8 Å². The molecule has 3 aromatic rings. The fourth-order valence-corrected chi connectivity index (χ4v) is 7.97. The van der Waals surface area contributed by atoms with Gasteiger partial charge in [0.25, 0.3) is 10.0 Å². The first kappa shape index (κ1) is 23.3. The summed E-state index contributed by atoms with van der Waals surface area (Å²) >= 11 is 1.28. The van der Waals surface area contributed by atoms with Gasteiger partial charge in [0.2, 0.25) is 5.91 Å². The molecular formula is C25H30N4O3S2. The van der Waals surface area contributed by atoms with Gasteiger partial charge < -0.3 is 5.32 Å². The molecule has 0 bridgehead atoms. The van der Waals surface area contributed by atoms with Crippen LogP contribution in [0.15, 0.2) is 52.9 Å². The van der Waals surface area contributed by atoms with Crippen LogP contribution in [0.5, 0.6) is 0 Å².